The number of nitrogens with one attached hydrogen (secondary N) is 1. The molecule has 0 spiro atoms. The number of carbonyl (C=O) groups is 2. The zero-order valence-electron chi connectivity index (χ0n) is 24.2. The van der Waals surface area contributed by atoms with Crippen molar-refractivity contribution < 1.29 is 14.7 Å². The van der Waals surface area contributed by atoms with Crippen LogP contribution in [-0.2, 0) is 9.59 Å². The fraction of sp³-hybridized carbons (Fsp3) is 0.938. The largest absolute Gasteiger partial charge is 0.480 e. The first-order chi connectivity index (χ1) is 16.7. The number of carbonyl (C=O) groups excluding carboxylic acids is 1. The van der Waals surface area contributed by atoms with Crippen LogP contribution in [0, 0.1) is 62.6 Å². The van der Waals surface area contributed by atoms with Crippen LogP contribution in [-0.4, -0.2) is 23.5 Å². The summed E-state index contributed by atoms with van der Waals surface area (Å²) >= 11 is 0. The van der Waals surface area contributed by atoms with Gasteiger partial charge in [-0.3, -0.25) is 9.59 Å². The molecular formula is C32H53NO3. The molecule has 0 aliphatic heterocycles. The topological polar surface area (TPSA) is 66.4 Å². The van der Waals surface area contributed by atoms with Crippen molar-refractivity contribution in [2.75, 3.05) is 6.54 Å². The molecule has 0 aromatic heterocycles. The fourth-order valence-corrected chi connectivity index (χ4v) is 12.2. The predicted molar refractivity (Wildman–Crippen MR) is 144 cm³/mol. The SMILES string of the molecule is CC(C)[C@@H]1CC[C@]2(C(=O)NCC(=O)O)CC[C@]3(C)C(CCC4[C@@]5(C)CCCC(C)(C)C5CC[C@]43C)[C@H]12. The van der Waals surface area contributed by atoms with E-state index in [2.05, 4.69) is 53.8 Å². The van der Waals surface area contributed by atoms with Gasteiger partial charge in [-0.2, -0.15) is 0 Å². The van der Waals surface area contributed by atoms with Crippen LogP contribution in [0.2, 0.25) is 0 Å². The van der Waals surface area contributed by atoms with Gasteiger partial charge in [0.2, 0.25) is 5.91 Å². The van der Waals surface area contributed by atoms with E-state index in [1.165, 1.54) is 44.9 Å². The van der Waals surface area contributed by atoms with Crippen molar-refractivity contribution in [3.05, 3.63) is 0 Å². The number of rotatable bonds is 4. The smallest absolute Gasteiger partial charge is 0.322 e. The molecule has 5 aliphatic carbocycles. The van der Waals surface area contributed by atoms with Crippen molar-refractivity contribution >= 4 is 11.9 Å². The van der Waals surface area contributed by atoms with Crippen molar-refractivity contribution in [1.29, 1.82) is 0 Å². The van der Waals surface area contributed by atoms with Gasteiger partial charge in [-0.1, -0.05) is 54.9 Å². The first-order valence-electron chi connectivity index (χ1n) is 15.2. The molecule has 1 amide bonds. The Morgan fingerprint density at radius 1 is 0.833 bits per heavy atom. The summed E-state index contributed by atoms with van der Waals surface area (Å²) in [6.07, 6.45) is 13.5. The maximum atomic E-state index is 13.8. The van der Waals surface area contributed by atoms with Crippen LogP contribution in [0.15, 0.2) is 0 Å². The molecule has 2 N–H and O–H groups in total. The van der Waals surface area contributed by atoms with E-state index < -0.39 is 5.97 Å². The second-order valence-corrected chi connectivity index (χ2v) is 15.7. The van der Waals surface area contributed by atoms with E-state index in [1.807, 2.05) is 0 Å². The third-order valence-electron chi connectivity index (χ3n) is 13.9. The summed E-state index contributed by atoms with van der Waals surface area (Å²) in [7, 11) is 0. The highest BCUT2D eigenvalue weighted by Crippen LogP contribution is 2.77. The third kappa shape index (κ3) is 3.43. The van der Waals surface area contributed by atoms with Crippen LogP contribution >= 0.6 is 0 Å². The number of hydrogen-bond donors (Lipinski definition) is 2. The highest BCUT2D eigenvalue weighted by molar-refractivity contribution is 5.86. The first-order valence-corrected chi connectivity index (χ1v) is 15.2. The van der Waals surface area contributed by atoms with E-state index in [0.717, 1.165) is 37.5 Å². The monoisotopic (exact) mass is 499 g/mol. The molecule has 5 fully saturated rings. The molecule has 9 atom stereocenters. The average Bonchev–Trinajstić information content (AvgIpc) is 3.18. The van der Waals surface area contributed by atoms with E-state index in [4.69, 9.17) is 0 Å². The molecule has 4 heteroatoms. The number of hydrogen-bond acceptors (Lipinski definition) is 2. The molecule has 36 heavy (non-hydrogen) atoms. The Labute approximate surface area is 220 Å². The molecule has 0 bridgehead atoms. The second-order valence-electron chi connectivity index (χ2n) is 15.7. The van der Waals surface area contributed by atoms with Gasteiger partial charge >= 0.3 is 5.97 Å². The van der Waals surface area contributed by atoms with Gasteiger partial charge in [-0.05, 0) is 121 Å². The van der Waals surface area contributed by atoms with Gasteiger partial charge in [-0.25, -0.2) is 0 Å². The lowest BCUT2D eigenvalue weighted by Gasteiger charge is -2.72. The molecular weight excluding hydrogens is 446 g/mol. The average molecular weight is 500 g/mol. The van der Waals surface area contributed by atoms with Crippen LogP contribution < -0.4 is 5.32 Å². The summed E-state index contributed by atoms with van der Waals surface area (Å²) in [6.45, 7) is 17.5. The molecule has 4 nitrogen and oxygen atoms in total. The molecule has 0 aromatic rings. The Morgan fingerprint density at radius 3 is 2.22 bits per heavy atom. The van der Waals surface area contributed by atoms with Gasteiger partial charge in [-0.15, -0.1) is 0 Å². The minimum atomic E-state index is -0.941. The van der Waals surface area contributed by atoms with Gasteiger partial charge in [0.25, 0.3) is 0 Å². The lowest BCUT2D eigenvalue weighted by molar-refractivity contribution is -0.237. The Kier molecular flexibility index (Phi) is 6.24. The minimum Gasteiger partial charge on any atom is -0.480 e. The zero-order chi connectivity index (χ0) is 26.3. The Hall–Kier alpha value is -1.06. The summed E-state index contributed by atoms with van der Waals surface area (Å²) in [6, 6.07) is 0. The van der Waals surface area contributed by atoms with Crippen LogP contribution in [0.4, 0.5) is 0 Å². The highest BCUT2D eigenvalue weighted by atomic mass is 16.4. The summed E-state index contributed by atoms with van der Waals surface area (Å²) in [5, 5.41) is 12.1. The molecule has 5 aliphatic rings. The standard InChI is InChI=1S/C32H53NO3/c1-20(2)21-11-16-32(27(36)33-19-25(34)35)18-17-30(6)22(26(21)32)9-10-24-29(5)14-8-13-28(3,4)23(29)12-15-31(24,30)7/h20-24,26H,8-19H2,1-7H3,(H,33,36)(H,34,35)/t21-,22?,23?,24?,26-,29-,30+,31+,32-/m0/s1. The van der Waals surface area contributed by atoms with Crippen molar-refractivity contribution in [3.63, 3.8) is 0 Å². The molecule has 5 saturated carbocycles. The molecule has 5 rings (SSSR count). The van der Waals surface area contributed by atoms with Crippen LogP contribution in [0.5, 0.6) is 0 Å². The van der Waals surface area contributed by atoms with Gasteiger partial charge in [0.15, 0.2) is 0 Å². The van der Waals surface area contributed by atoms with Crippen molar-refractivity contribution in [1.82, 2.24) is 5.32 Å². The summed E-state index contributed by atoms with van der Waals surface area (Å²) in [4.78, 5) is 25.1. The number of amides is 1. The molecule has 3 unspecified atom stereocenters. The first kappa shape index (κ1) is 26.5. The van der Waals surface area contributed by atoms with E-state index in [-0.39, 0.29) is 23.3 Å². The van der Waals surface area contributed by atoms with Crippen molar-refractivity contribution in [2.45, 2.75) is 119 Å². The maximum absolute atomic E-state index is 13.8. The van der Waals surface area contributed by atoms with E-state index in [0.29, 0.717) is 39.9 Å². The lowest BCUT2D eigenvalue weighted by atomic mass is 9.32. The summed E-state index contributed by atoms with van der Waals surface area (Å²) in [5.41, 5.74) is 1.09. The second kappa shape index (κ2) is 8.47. The molecule has 0 heterocycles. The molecule has 0 aromatic carbocycles. The van der Waals surface area contributed by atoms with Crippen molar-refractivity contribution in [3.8, 4) is 0 Å². The molecule has 204 valence electrons. The number of carboxylic acids is 1. The highest BCUT2D eigenvalue weighted by Gasteiger charge is 2.71. The third-order valence-corrected chi connectivity index (χ3v) is 13.9. The van der Waals surface area contributed by atoms with Gasteiger partial charge in [0, 0.05) is 0 Å². The van der Waals surface area contributed by atoms with Crippen LogP contribution in [0.3, 0.4) is 0 Å². The number of aliphatic carboxylic acids is 1. The van der Waals surface area contributed by atoms with E-state index >= 15 is 0 Å². The minimum absolute atomic E-state index is 0.0390. The van der Waals surface area contributed by atoms with Gasteiger partial charge in [0.1, 0.15) is 6.54 Å². The Bertz CT molecular complexity index is 911. The van der Waals surface area contributed by atoms with Gasteiger partial charge < -0.3 is 10.4 Å². The van der Waals surface area contributed by atoms with Gasteiger partial charge in [0.05, 0.1) is 5.41 Å². The van der Waals surface area contributed by atoms with E-state index in [9.17, 15) is 14.7 Å². The fourth-order valence-electron chi connectivity index (χ4n) is 12.2. The summed E-state index contributed by atoms with van der Waals surface area (Å²) in [5.74, 6) is 2.77. The molecule has 0 saturated heterocycles. The van der Waals surface area contributed by atoms with Crippen LogP contribution in [0.25, 0.3) is 0 Å². The lowest BCUT2D eigenvalue weighted by Crippen LogP contribution is -2.66. The van der Waals surface area contributed by atoms with Crippen molar-refractivity contribution in [2.24, 2.45) is 62.6 Å². The van der Waals surface area contributed by atoms with Crippen LogP contribution in [0.1, 0.15) is 119 Å². The Morgan fingerprint density at radius 2 is 1.56 bits per heavy atom. The quantitative estimate of drug-likeness (QED) is 0.426. The molecule has 0 radical (unpaired) electrons. The Balaban J connectivity index is 1.52. The zero-order valence-corrected chi connectivity index (χ0v) is 24.2. The van der Waals surface area contributed by atoms with E-state index in [1.54, 1.807) is 0 Å². The predicted octanol–water partition coefficient (Wildman–Crippen LogP) is 7.31. The maximum Gasteiger partial charge on any atom is 0.322 e. The summed E-state index contributed by atoms with van der Waals surface area (Å²) < 4.78 is 0. The number of carboxylic acid groups (broad SMARTS) is 1. The normalized spacial score (nSPS) is 49.4. The number of fused-ring (bicyclic) bond motifs is 7.